The van der Waals surface area contributed by atoms with Gasteiger partial charge >= 0.3 is 0 Å². The van der Waals surface area contributed by atoms with Gasteiger partial charge in [-0.25, -0.2) is 0 Å². The number of hydrogen-bond acceptors (Lipinski definition) is 2. The summed E-state index contributed by atoms with van der Waals surface area (Å²) >= 11 is 0. The molecule has 0 radical (unpaired) electrons. The summed E-state index contributed by atoms with van der Waals surface area (Å²) in [5.41, 5.74) is 8.33. The molecule has 0 unspecified atom stereocenters. The number of nitrogens with two attached hydrogens (primary N) is 1. The molecular weight excluding hydrogens is 138 g/mol. The second-order valence-electron chi connectivity index (χ2n) is 2.65. The smallest absolute Gasteiger partial charge is 0.120 e. The highest BCUT2D eigenvalue weighted by molar-refractivity contribution is 5.58. The van der Waals surface area contributed by atoms with Crippen LogP contribution in [0.1, 0.15) is 18.1 Å². The monoisotopic (exact) mass is 151 g/mol. The number of benzene rings is 1. The Morgan fingerprint density at radius 3 is 2.55 bits per heavy atom. The molecule has 2 nitrogen and oxygen atoms in total. The topological polar surface area (TPSA) is 46.2 Å². The van der Waals surface area contributed by atoms with Crippen LogP contribution in [0, 0.1) is 6.92 Å². The Morgan fingerprint density at radius 2 is 2.09 bits per heavy atom. The molecule has 0 fully saturated rings. The zero-order valence-corrected chi connectivity index (χ0v) is 6.89. The fourth-order valence-corrected chi connectivity index (χ4v) is 1.14. The van der Waals surface area contributed by atoms with E-state index in [1.54, 1.807) is 6.07 Å². The molecule has 60 valence electrons. The number of phenols is 1. The average molecular weight is 151 g/mol. The van der Waals surface area contributed by atoms with Gasteiger partial charge < -0.3 is 10.8 Å². The van der Waals surface area contributed by atoms with Crippen molar-refractivity contribution in [3.8, 4) is 5.75 Å². The lowest BCUT2D eigenvalue weighted by atomic mass is 10.1. The minimum atomic E-state index is 0.301. The summed E-state index contributed by atoms with van der Waals surface area (Å²) in [6, 6.07) is 3.51. The molecule has 0 aromatic heterocycles. The molecule has 0 spiro atoms. The molecule has 1 aromatic carbocycles. The summed E-state index contributed by atoms with van der Waals surface area (Å²) in [5, 5.41) is 9.34. The zero-order chi connectivity index (χ0) is 8.43. The van der Waals surface area contributed by atoms with E-state index in [1.165, 1.54) is 0 Å². The minimum absolute atomic E-state index is 0.301. The van der Waals surface area contributed by atoms with Crippen molar-refractivity contribution in [1.82, 2.24) is 0 Å². The van der Waals surface area contributed by atoms with E-state index in [1.807, 2.05) is 19.9 Å². The van der Waals surface area contributed by atoms with Crippen LogP contribution in [0.15, 0.2) is 12.1 Å². The summed E-state index contributed by atoms with van der Waals surface area (Å²) in [6.07, 6.45) is 0.777. The zero-order valence-electron chi connectivity index (χ0n) is 6.89. The van der Waals surface area contributed by atoms with Crippen LogP contribution in [0.25, 0.3) is 0 Å². The standard InChI is InChI=1S/C9H13NO/c1-3-7-8(11)5-4-6(2)9(7)10/h4-5,11H,3,10H2,1-2H3. The highest BCUT2D eigenvalue weighted by Gasteiger charge is 2.04. The van der Waals surface area contributed by atoms with Crippen LogP contribution in [0.5, 0.6) is 5.75 Å². The van der Waals surface area contributed by atoms with Gasteiger partial charge in [-0.2, -0.15) is 0 Å². The maximum atomic E-state index is 9.34. The Labute approximate surface area is 66.7 Å². The lowest BCUT2D eigenvalue weighted by Gasteiger charge is -2.07. The van der Waals surface area contributed by atoms with E-state index in [4.69, 9.17) is 5.73 Å². The number of rotatable bonds is 1. The number of nitrogen functional groups attached to an aromatic ring is 1. The summed E-state index contributed by atoms with van der Waals surface area (Å²) in [5.74, 6) is 0.301. The molecule has 1 aromatic rings. The van der Waals surface area contributed by atoms with Crippen molar-refractivity contribution < 1.29 is 5.11 Å². The van der Waals surface area contributed by atoms with E-state index < -0.39 is 0 Å². The number of phenolic OH excluding ortho intramolecular Hbond substituents is 1. The first-order valence-electron chi connectivity index (χ1n) is 3.73. The average Bonchev–Trinajstić information content (AvgIpc) is 1.99. The summed E-state index contributed by atoms with van der Waals surface area (Å²) in [4.78, 5) is 0. The quantitative estimate of drug-likeness (QED) is 0.601. The van der Waals surface area contributed by atoms with Crippen molar-refractivity contribution >= 4 is 5.69 Å². The molecule has 0 saturated heterocycles. The molecule has 3 N–H and O–H groups in total. The third-order valence-electron chi connectivity index (χ3n) is 1.90. The molecule has 0 heterocycles. The highest BCUT2D eigenvalue weighted by atomic mass is 16.3. The van der Waals surface area contributed by atoms with Crippen molar-refractivity contribution in [2.75, 3.05) is 5.73 Å². The Bertz CT molecular complexity index is 269. The fraction of sp³-hybridized carbons (Fsp3) is 0.333. The van der Waals surface area contributed by atoms with Crippen LogP contribution in [0.2, 0.25) is 0 Å². The van der Waals surface area contributed by atoms with Crippen molar-refractivity contribution in [2.45, 2.75) is 20.3 Å². The van der Waals surface area contributed by atoms with Gasteiger partial charge in [-0.1, -0.05) is 13.0 Å². The van der Waals surface area contributed by atoms with Crippen LogP contribution in [0.3, 0.4) is 0 Å². The summed E-state index contributed by atoms with van der Waals surface area (Å²) < 4.78 is 0. The Kier molecular flexibility index (Phi) is 2.03. The van der Waals surface area contributed by atoms with Gasteiger partial charge in [0.25, 0.3) is 0 Å². The van der Waals surface area contributed by atoms with E-state index in [9.17, 15) is 5.11 Å². The maximum absolute atomic E-state index is 9.34. The molecule has 0 aliphatic rings. The largest absolute Gasteiger partial charge is 0.508 e. The fourth-order valence-electron chi connectivity index (χ4n) is 1.14. The van der Waals surface area contributed by atoms with Gasteiger partial charge in [-0.05, 0) is 25.0 Å². The molecule has 11 heavy (non-hydrogen) atoms. The second-order valence-corrected chi connectivity index (χ2v) is 2.65. The predicted octanol–water partition coefficient (Wildman–Crippen LogP) is 1.85. The lowest BCUT2D eigenvalue weighted by Crippen LogP contribution is -1.95. The molecule has 2 heteroatoms. The van der Waals surface area contributed by atoms with E-state index in [-0.39, 0.29) is 0 Å². The molecule has 0 bridgehead atoms. The number of hydrogen-bond donors (Lipinski definition) is 2. The third kappa shape index (κ3) is 1.29. The molecular formula is C9H13NO. The van der Waals surface area contributed by atoms with Crippen molar-refractivity contribution in [3.63, 3.8) is 0 Å². The van der Waals surface area contributed by atoms with Crippen LogP contribution in [-0.4, -0.2) is 5.11 Å². The number of anilines is 1. The molecule has 0 aliphatic heterocycles. The molecule has 0 amide bonds. The summed E-state index contributed by atoms with van der Waals surface area (Å²) in [7, 11) is 0. The SMILES string of the molecule is CCc1c(O)ccc(C)c1N. The van der Waals surface area contributed by atoms with Gasteiger partial charge in [0.1, 0.15) is 5.75 Å². The van der Waals surface area contributed by atoms with Crippen molar-refractivity contribution in [2.24, 2.45) is 0 Å². The van der Waals surface area contributed by atoms with E-state index in [0.29, 0.717) is 11.4 Å². The number of aryl methyl sites for hydroxylation is 1. The number of aromatic hydroxyl groups is 1. The van der Waals surface area contributed by atoms with Gasteiger partial charge in [0.2, 0.25) is 0 Å². The van der Waals surface area contributed by atoms with Gasteiger partial charge in [0.05, 0.1) is 0 Å². The first-order chi connectivity index (χ1) is 5.16. The van der Waals surface area contributed by atoms with Crippen molar-refractivity contribution in [3.05, 3.63) is 23.3 Å². The van der Waals surface area contributed by atoms with E-state index in [2.05, 4.69) is 0 Å². The van der Waals surface area contributed by atoms with Crippen molar-refractivity contribution in [1.29, 1.82) is 0 Å². The van der Waals surface area contributed by atoms with Crippen LogP contribution >= 0.6 is 0 Å². The van der Waals surface area contributed by atoms with Crippen LogP contribution in [0.4, 0.5) is 5.69 Å². The van der Waals surface area contributed by atoms with Gasteiger partial charge in [-0.3, -0.25) is 0 Å². The van der Waals surface area contributed by atoms with Crippen LogP contribution in [-0.2, 0) is 6.42 Å². The molecule has 0 atom stereocenters. The summed E-state index contributed by atoms with van der Waals surface area (Å²) in [6.45, 7) is 3.92. The maximum Gasteiger partial charge on any atom is 0.120 e. The molecule has 0 saturated carbocycles. The Hall–Kier alpha value is -1.18. The Morgan fingerprint density at radius 1 is 1.45 bits per heavy atom. The van der Waals surface area contributed by atoms with E-state index >= 15 is 0 Å². The van der Waals surface area contributed by atoms with E-state index in [0.717, 1.165) is 17.5 Å². The second kappa shape index (κ2) is 2.82. The first kappa shape index (κ1) is 7.92. The van der Waals surface area contributed by atoms with Gasteiger partial charge in [0, 0.05) is 11.3 Å². The van der Waals surface area contributed by atoms with Gasteiger partial charge in [0.15, 0.2) is 0 Å². The van der Waals surface area contributed by atoms with Gasteiger partial charge in [-0.15, -0.1) is 0 Å². The first-order valence-corrected chi connectivity index (χ1v) is 3.73. The lowest BCUT2D eigenvalue weighted by molar-refractivity contribution is 0.469. The predicted molar refractivity (Wildman–Crippen MR) is 46.6 cm³/mol. The Balaban J connectivity index is 3.29. The van der Waals surface area contributed by atoms with Crippen LogP contribution < -0.4 is 5.73 Å². The minimum Gasteiger partial charge on any atom is -0.508 e. The molecule has 0 aliphatic carbocycles. The highest BCUT2D eigenvalue weighted by Crippen LogP contribution is 2.26. The third-order valence-corrected chi connectivity index (χ3v) is 1.90. The normalized spacial score (nSPS) is 10.0. The molecule has 1 rings (SSSR count).